The minimum absolute atomic E-state index is 0.299. The molecule has 1 N–H and O–H groups in total. The zero-order chi connectivity index (χ0) is 29.3. The molecule has 0 aromatic carbocycles. The van der Waals surface area contributed by atoms with Crippen LogP contribution in [0.5, 0.6) is 0 Å². The van der Waals surface area contributed by atoms with Crippen LogP contribution in [0.25, 0.3) is 0 Å². The number of dihydropyridines is 1. The van der Waals surface area contributed by atoms with E-state index < -0.39 is 0 Å². The number of rotatable bonds is 26. The number of methoxy groups -OCH3 is 2. The summed E-state index contributed by atoms with van der Waals surface area (Å²) in [6.07, 6.45) is 30.4. The second-order valence-electron chi connectivity index (χ2n) is 11.8. The zero-order valence-corrected chi connectivity index (χ0v) is 26.8. The highest BCUT2D eigenvalue weighted by Gasteiger charge is 2.28. The Hall–Kier alpha value is -1.78. The average molecular weight is 562 g/mol. The van der Waals surface area contributed by atoms with Crippen molar-refractivity contribution < 1.29 is 19.1 Å². The van der Waals surface area contributed by atoms with Crippen molar-refractivity contribution in [2.24, 2.45) is 0 Å². The van der Waals surface area contributed by atoms with Crippen molar-refractivity contribution in [1.82, 2.24) is 5.32 Å². The molecule has 1 rings (SSSR count). The highest BCUT2D eigenvalue weighted by atomic mass is 16.5. The van der Waals surface area contributed by atoms with Crippen molar-refractivity contribution in [2.75, 3.05) is 14.2 Å². The van der Waals surface area contributed by atoms with Gasteiger partial charge in [0.05, 0.1) is 25.4 Å². The molecule has 0 atom stereocenters. The molecule has 0 aromatic heterocycles. The van der Waals surface area contributed by atoms with Crippen LogP contribution in [-0.4, -0.2) is 26.2 Å². The van der Waals surface area contributed by atoms with Crippen LogP contribution in [0.15, 0.2) is 22.5 Å². The maximum absolute atomic E-state index is 12.6. The third kappa shape index (κ3) is 16.5. The molecule has 0 saturated heterocycles. The van der Waals surface area contributed by atoms with E-state index in [-0.39, 0.29) is 11.9 Å². The predicted molar refractivity (Wildman–Crippen MR) is 168 cm³/mol. The van der Waals surface area contributed by atoms with Gasteiger partial charge in [-0.25, -0.2) is 9.59 Å². The first kappa shape index (κ1) is 36.2. The smallest absolute Gasteiger partial charge is 0.335 e. The largest absolute Gasteiger partial charge is 0.466 e. The zero-order valence-electron chi connectivity index (χ0n) is 26.8. The molecule has 5 heteroatoms. The number of allylic oxidation sites excluding steroid dienone is 2. The molecular formula is C35H63NO4. The van der Waals surface area contributed by atoms with Crippen molar-refractivity contribution in [3.63, 3.8) is 0 Å². The lowest BCUT2D eigenvalue weighted by Crippen LogP contribution is -2.28. The monoisotopic (exact) mass is 561 g/mol. The quantitative estimate of drug-likeness (QED) is 0.0840. The van der Waals surface area contributed by atoms with Gasteiger partial charge in [0.15, 0.2) is 0 Å². The maximum Gasteiger partial charge on any atom is 0.335 e. The van der Waals surface area contributed by atoms with Crippen molar-refractivity contribution in [3.8, 4) is 0 Å². The lowest BCUT2D eigenvalue weighted by atomic mass is 9.92. The molecule has 0 spiro atoms. The number of ether oxygens (including phenoxy) is 2. The Morgan fingerprint density at radius 2 is 0.775 bits per heavy atom. The van der Waals surface area contributed by atoms with Crippen LogP contribution < -0.4 is 5.32 Å². The molecule has 5 nitrogen and oxygen atoms in total. The Morgan fingerprint density at radius 1 is 0.500 bits per heavy atom. The average Bonchev–Trinajstić information content (AvgIpc) is 2.97. The van der Waals surface area contributed by atoms with Crippen LogP contribution in [0.2, 0.25) is 0 Å². The lowest BCUT2D eigenvalue weighted by molar-refractivity contribution is -0.136. The number of carbonyl (C=O) groups excluding carboxylic acids is 2. The lowest BCUT2D eigenvalue weighted by Gasteiger charge is -2.26. The number of hydrogen-bond donors (Lipinski definition) is 1. The fourth-order valence-electron chi connectivity index (χ4n) is 5.72. The van der Waals surface area contributed by atoms with Gasteiger partial charge < -0.3 is 14.8 Å². The number of nitrogens with one attached hydrogen (secondary N) is 1. The molecule has 1 aliphatic heterocycles. The molecule has 0 bridgehead atoms. The van der Waals surface area contributed by atoms with Crippen molar-refractivity contribution >= 4 is 11.9 Å². The molecular weight excluding hydrogens is 498 g/mol. The fraction of sp³-hybridized carbons (Fsp3) is 0.829. The normalized spacial score (nSPS) is 13.5. The van der Waals surface area contributed by atoms with E-state index in [1.165, 1.54) is 130 Å². The second-order valence-corrected chi connectivity index (χ2v) is 11.8. The van der Waals surface area contributed by atoms with Gasteiger partial charge in [-0.3, -0.25) is 0 Å². The van der Waals surface area contributed by atoms with Gasteiger partial charge in [0, 0.05) is 17.8 Å². The van der Waals surface area contributed by atoms with E-state index in [0.717, 1.165) is 49.9 Å². The minimum atomic E-state index is -0.347. The fourth-order valence-corrected chi connectivity index (χ4v) is 5.72. The van der Waals surface area contributed by atoms with Gasteiger partial charge in [0.25, 0.3) is 0 Å². The van der Waals surface area contributed by atoms with Gasteiger partial charge >= 0.3 is 11.9 Å². The van der Waals surface area contributed by atoms with E-state index in [9.17, 15) is 9.59 Å². The summed E-state index contributed by atoms with van der Waals surface area (Å²) in [6, 6.07) is 0. The van der Waals surface area contributed by atoms with Crippen LogP contribution in [-0.2, 0) is 19.1 Å². The summed E-state index contributed by atoms with van der Waals surface area (Å²) < 4.78 is 10.2. The predicted octanol–water partition coefficient (Wildman–Crippen LogP) is 10.2. The molecule has 0 radical (unpaired) electrons. The molecule has 232 valence electrons. The Bertz CT molecular complexity index is 680. The number of esters is 2. The summed E-state index contributed by atoms with van der Waals surface area (Å²) >= 11 is 0. The van der Waals surface area contributed by atoms with Gasteiger partial charge in [-0.05, 0) is 25.7 Å². The van der Waals surface area contributed by atoms with Crippen molar-refractivity contribution in [1.29, 1.82) is 0 Å². The third-order valence-corrected chi connectivity index (χ3v) is 8.31. The molecule has 1 aliphatic rings. The van der Waals surface area contributed by atoms with E-state index in [4.69, 9.17) is 9.47 Å². The Kier molecular flexibility index (Phi) is 22.6. The molecule has 0 aromatic rings. The van der Waals surface area contributed by atoms with Crippen LogP contribution >= 0.6 is 0 Å². The molecule has 40 heavy (non-hydrogen) atoms. The summed E-state index contributed by atoms with van der Waals surface area (Å²) in [5.74, 6) is -0.693. The third-order valence-electron chi connectivity index (χ3n) is 8.31. The van der Waals surface area contributed by atoms with E-state index >= 15 is 0 Å². The standard InChI is InChI=1S/C35H63NO4/c1-5-7-9-11-13-15-17-19-21-23-25-27-32-30(34(37)39-3)29-31(35(38)40-4)33(36-32)28-26-24-22-20-18-16-14-12-10-8-6-2/h36H,5-29H2,1-4H3. The van der Waals surface area contributed by atoms with Crippen molar-refractivity contribution in [3.05, 3.63) is 22.5 Å². The van der Waals surface area contributed by atoms with Crippen LogP contribution in [0.4, 0.5) is 0 Å². The van der Waals surface area contributed by atoms with Crippen LogP contribution in [0.1, 0.15) is 174 Å². The Labute approximate surface area is 247 Å². The molecule has 1 heterocycles. The second kappa shape index (κ2) is 25.0. The molecule has 0 saturated carbocycles. The summed E-state index contributed by atoms with van der Waals surface area (Å²) in [6.45, 7) is 4.53. The van der Waals surface area contributed by atoms with Gasteiger partial charge in [-0.1, -0.05) is 142 Å². The van der Waals surface area contributed by atoms with E-state index in [1.807, 2.05) is 0 Å². The highest BCUT2D eigenvalue weighted by molar-refractivity contribution is 5.96. The summed E-state index contributed by atoms with van der Waals surface area (Å²) in [4.78, 5) is 25.2. The van der Waals surface area contributed by atoms with Crippen LogP contribution in [0.3, 0.4) is 0 Å². The van der Waals surface area contributed by atoms with E-state index in [0.29, 0.717) is 17.6 Å². The first-order chi connectivity index (χ1) is 19.6. The van der Waals surface area contributed by atoms with Crippen molar-refractivity contribution in [2.45, 2.75) is 174 Å². The molecule has 0 amide bonds. The topological polar surface area (TPSA) is 64.6 Å². The first-order valence-electron chi connectivity index (χ1n) is 17.0. The Morgan fingerprint density at radius 3 is 1.05 bits per heavy atom. The summed E-state index contributed by atoms with van der Waals surface area (Å²) in [5.41, 5.74) is 3.04. The number of carbonyl (C=O) groups is 2. The van der Waals surface area contributed by atoms with Gasteiger partial charge in [-0.2, -0.15) is 0 Å². The summed E-state index contributed by atoms with van der Waals surface area (Å²) in [7, 11) is 2.83. The SMILES string of the molecule is CCCCCCCCCCCCCC1=C(C(=O)OC)CC(C(=O)OC)=C(CCCCCCCCCCCCC)N1. The van der Waals surface area contributed by atoms with E-state index in [1.54, 1.807) is 0 Å². The van der Waals surface area contributed by atoms with Gasteiger partial charge in [0.1, 0.15) is 0 Å². The molecule has 0 unspecified atom stereocenters. The summed E-state index contributed by atoms with van der Waals surface area (Å²) in [5, 5.41) is 3.51. The number of unbranched alkanes of at least 4 members (excludes halogenated alkanes) is 20. The molecule has 0 aliphatic carbocycles. The van der Waals surface area contributed by atoms with E-state index in [2.05, 4.69) is 19.2 Å². The maximum atomic E-state index is 12.6. The minimum Gasteiger partial charge on any atom is -0.466 e. The van der Waals surface area contributed by atoms with Gasteiger partial charge in [0.2, 0.25) is 0 Å². The van der Waals surface area contributed by atoms with Gasteiger partial charge in [-0.15, -0.1) is 0 Å². The van der Waals surface area contributed by atoms with Crippen LogP contribution in [0, 0.1) is 0 Å². The number of hydrogen-bond acceptors (Lipinski definition) is 5. The molecule has 0 fully saturated rings. The Balaban J connectivity index is 2.47. The first-order valence-corrected chi connectivity index (χ1v) is 17.0. The highest BCUT2D eigenvalue weighted by Crippen LogP contribution is 2.30.